The Morgan fingerprint density at radius 3 is 2.35 bits per heavy atom. The molecule has 160 valence electrons. The number of nitrogens with one attached hydrogen (secondary N) is 1. The van der Waals surface area contributed by atoms with E-state index in [1.165, 1.54) is 25.5 Å². The third-order valence-electron chi connectivity index (χ3n) is 4.26. The molecule has 1 N–H and O–H groups in total. The summed E-state index contributed by atoms with van der Waals surface area (Å²) in [5.74, 6) is 0.0113. The molecule has 0 radical (unpaired) electrons. The van der Waals surface area contributed by atoms with Crippen molar-refractivity contribution >= 4 is 43.8 Å². The normalized spacial score (nSPS) is 11.3. The topological polar surface area (TPSA) is 88.1 Å². The standard InChI is InChI=1S/C22H20BrN3O4S/c1-30-21-10-6-5-7-17(21)15-24-25-22(27)16-26(19-13-11-18(23)12-14-19)31(28,29)20-8-3-2-4-9-20/h2-15H,16H2,1H3,(H,25,27). The van der Waals surface area contributed by atoms with E-state index >= 15 is 0 Å². The van der Waals surface area contributed by atoms with Crippen LogP contribution in [0.15, 0.2) is 93.3 Å². The number of rotatable bonds is 8. The number of carbonyl (C=O) groups excluding carboxylic acids is 1. The number of sulfonamides is 1. The Labute approximate surface area is 189 Å². The number of hydrazone groups is 1. The molecule has 0 heterocycles. The Bertz CT molecular complexity index is 1170. The van der Waals surface area contributed by atoms with Gasteiger partial charge in [0, 0.05) is 10.0 Å². The van der Waals surface area contributed by atoms with Crippen molar-refractivity contribution in [3.8, 4) is 5.75 Å². The number of halogens is 1. The van der Waals surface area contributed by atoms with Crippen LogP contribution >= 0.6 is 15.9 Å². The quantitative estimate of drug-likeness (QED) is 0.375. The Kier molecular flexibility index (Phi) is 7.43. The van der Waals surface area contributed by atoms with E-state index in [9.17, 15) is 13.2 Å². The number of para-hydroxylation sites is 1. The van der Waals surface area contributed by atoms with E-state index in [4.69, 9.17) is 4.74 Å². The van der Waals surface area contributed by atoms with Crippen LogP contribution in [-0.2, 0) is 14.8 Å². The number of amides is 1. The summed E-state index contributed by atoms with van der Waals surface area (Å²) >= 11 is 3.33. The maximum absolute atomic E-state index is 13.2. The van der Waals surface area contributed by atoms with E-state index in [-0.39, 0.29) is 4.90 Å². The molecule has 0 fully saturated rings. The first-order chi connectivity index (χ1) is 14.9. The zero-order valence-corrected chi connectivity index (χ0v) is 19.0. The molecule has 0 atom stereocenters. The van der Waals surface area contributed by atoms with Crippen molar-refractivity contribution < 1.29 is 17.9 Å². The monoisotopic (exact) mass is 501 g/mol. The average molecular weight is 502 g/mol. The van der Waals surface area contributed by atoms with Crippen molar-refractivity contribution in [3.63, 3.8) is 0 Å². The van der Waals surface area contributed by atoms with Gasteiger partial charge in [-0.2, -0.15) is 5.10 Å². The highest BCUT2D eigenvalue weighted by Crippen LogP contribution is 2.25. The molecule has 0 aliphatic rings. The highest BCUT2D eigenvalue weighted by Gasteiger charge is 2.27. The van der Waals surface area contributed by atoms with Crippen molar-refractivity contribution in [2.24, 2.45) is 5.10 Å². The maximum Gasteiger partial charge on any atom is 0.264 e. The molecule has 3 aromatic carbocycles. The first-order valence-electron chi connectivity index (χ1n) is 9.20. The fourth-order valence-corrected chi connectivity index (χ4v) is 4.46. The molecule has 0 aliphatic carbocycles. The highest BCUT2D eigenvalue weighted by atomic mass is 79.9. The molecule has 0 saturated heterocycles. The van der Waals surface area contributed by atoms with Gasteiger partial charge in [-0.05, 0) is 48.5 Å². The van der Waals surface area contributed by atoms with Gasteiger partial charge in [-0.25, -0.2) is 13.8 Å². The van der Waals surface area contributed by atoms with E-state index in [2.05, 4.69) is 26.5 Å². The summed E-state index contributed by atoms with van der Waals surface area (Å²) in [5, 5.41) is 3.93. The first-order valence-corrected chi connectivity index (χ1v) is 11.4. The molecule has 9 heteroatoms. The van der Waals surface area contributed by atoms with Gasteiger partial charge in [-0.15, -0.1) is 0 Å². The second kappa shape index (κ2) is 10.2. The van der Waals surface area contributed by atoms with Gasteiger partial charge in [0.15, 0.2) is 0 Å². The average Bonchev–Trinajstić information content (AvgIpc) is 2.79. The smallest absolute Gasteiger partial charge is 0.264 e. The summed E-state index contributed by atoms with van der Waals surface area (Å²) in [7, 11) is -2.43. The van der Waals surface area contributed by atoms with Crippen LogP contribution in [-0.4, -0.2) is 34.2 Å². The van der Waals surface area contributed by atoms with Crippen molar-refractivity contribution in [2.75, 3.05) is 18.0 Å². The molecule has 3 aromatic rings. The van der Waals surface area contributed by atoms with Crippen LogP contribution in [0.1, 0.15) is 5.56 Å². The summed E-state index contributed by atoms with van der Waals surface area (Å²) in [6, 6.07) is 21.8. The Hall–Kier alpha value is -3.17. The number of methoxy groups -OCH3 is 1. The predicted molar refractivity (Wildman–Crippen MR) is 124 cm³/mol. The molecule has 31 heavy (non-hydrogen) atoms. The largest absolute Gasteiger partial charge is 0.496 e. The van der Waals surface area contributed by atoms with Crippen LogP contribution in [0.4, 0.5) is 5.69 Å². The number of hydrogen-bond acceptors (Lipinski definition) is 5. The number of hydrogen-bond donors (Lipinski definition) is 1. The Morgan fingerprint density at radius 2 is 1.68 bits per heavy atom. The molecular formula is C22H20BrN3O4S. The zero-order valence-electron chi connectivity index (χ0n) is 16.6. The summed E-state index contributed by atoms with van der Waals surface area (Å²) in [5.41, 5.74) is 3.41. The van der Waals surface area contributed by atoms with E-state index in [0.717, 1.165) is 8.78 Å². The SMILES string of the molecule is COc1ccccc1C=NNC(=O)CN(c1ccc(Br)cc1)S(=O)(=O)c1ccccc1. The lowest BCUT2D eigenvalue weighted by atomic mass is 10.2. The van der Waals surface area contributed by atoms with Gasteiger partial charge in [0.05, 0.1) is 23.9 Å². The number of nitrogens with zero attached hydrogens (tertiary/aromatic N) is 2. The van der Waals surface area contributed by atoms with E-state index in [1.54, 1.807) is 54.6 Å². The zero-order chi connectivity index (χ0) is 22.3. The van der Waals surface area contributed by atoms with Gasteiger partial charge in [0.25, 0.3) is 15.9 Å². The summed E-state index contributed by atoms with van der Waals surface area (Å²) in [4.78, 5) is 12.6. The van der Waals surface area contributed by atoms with Crippen molar-refractivity contribution in [2.45, 2.75) is 4.90 Å². The molecule has 1 amide bonds. The van der Waals surface area contributed by atoms with E-state index in [1.807, 2.05) is 12.1 Å². The molecule has 0 aromatic heterocycles. The number of ether oxygens (including phenoxy) is 1. The molecule has 0 unspecified atom stereocenters. The van der Waals surface area contributed by atoms with Crippen LogP contribution in [0.5, 0.6) is 5.75 Å². The van der Waals surface area contributed by atoms with Crippen molar-refractivity contribution in [1.29, 1.82) is 0 Å². The Morgan fingerprint density at radius 1 is 1.03 bits per heavy atom. The maximum atomic E-state index is 13.2. The molecule has 0 aliphatic heterocycles. The summed E-state index contributed by atoms with van der Waals surface area (Å²) in [6.07, 6.45) is 1.44. The molecular weight excluding hydrogens is 482 g/mol. The minimum absolute atomic E-state index is 0.0863. The van der Waals surface area contributed by atoms with Crippen LogP contribution < -0.4 is 14.5 Å². The predicted octanol–water partition coefficient (Wildman–Crippen LogP) is 3.80. The van der Waals surface area contributed by atoms with Crippen molar-refractivity contribution in [1.82, 2.24) is 5.43 Å². The van der Waals surface area contributed by atoms with Gasteiger partial charge in [0.2, 0.25) is 0 Å². The highest BCUT2D eigenvalue weighted by molar-refractivity contribution is 9.10. The van der Waals surface area contributed by atoms with Gasteiger partial charge in [-0.1, -0.05) is 46.3 Å². The van der Waals surface area contributed by atoms with Crippen LogP contribution in [0, 0.1) is 0 Å². The number of benzene rings is 3. The minimum atomic E-state index is -3.96. The first kappa shape index (κ1) is 22.5. The molecule has 0 saturated carbocycles. The molecule has 3 rings (SSSR count). The Balaban J connectivity index is 1.82. The van der Waals surface area contributed by atoms with Gasteiger partial charge < -0.3 is 4.74 Å². The minimum Gasteiger partial charge on any atom is -0.496 e. The fourth-order valence-electron chi connectivity index (χ4n) is 2.75. The lowest BCUT2D eigenvalue weighted by Crippen LogP contribution is -2.39. The van der Waals surface area contributed by atoms with Gasteiger partial charge in [0.1, 0.15) is 12.3 Å². The third kappa shape index (κ3) is 5.71. The second-order valence-corrected chi connectivity index (χ2v) is 9.11. The van der Waals surface area contributed by atoms with E-state index in [0.29, 0.717) is 17.0 Å². The van der Waals surface area contributed by atoms with Crippen LogP contribution in [0.3, 0.4) is 0 Å². The molecule has 7 nitrogen and oxygen atoms in total. The summed E-state index contributed by atoms with van der Waals surface area (Å²) in [6.45, 7) is -0.442. The molecule has 0 bridgehead atoms. The lowest BCUT2D eigenvalue weighted by Gasteiger charge is -2.23. The fraction of sp³-hybridized carbons (Fsp3) is 0.0909. The van der Waals surface area contributed by atoms with Crippen molar-refractivity contribution in [3.05, 3.63) is 88.9 Å². The second-order valence-electron chi connectivity index (χ2n) is 6.34. The van der Waals surface area contributed by atoms with Gasteiger partial charge in [-0.3, -0.25) is 9.10 Å². The van der Waals surface area contributed by atoms with Crippen LogP contribution in [0.25, 0.3) is 0 Å². The van der Waals surface area contributed by atoms with E-state index < -0.39 is 22.5 Å². The number of anilines is 1. The van der Waals surface area contributed by atoms with Gasteiger partial charge >= 0.3 is 0 Å². The lowest BCUT2D eigenvalue weighted by molar-refractivity contribution is -0.119. The molecule has 0 spiro atoms. The number of carbonyl (C=O) groups is 1. The third-order valence-corrected chi connectivity index (χ3v) is 6.58. The summed E-state index contributed by atoms with van der Waals surface area (Å²) < 4.78 is 33.5. The van der Waals surface area contributed by atoms with Crippen LogP contribution in [0.2, 0.25) is 0 Å².